The van der Waals surface area contributed by atoms with Crippen molar-refractivity contribution in [3.8, 4) is 5.75 Å². The first kappa shape index (κ1) is 23.6. The maximum atomic E-state index is 12.3. The Labute approximate surface area is 182 Å². The third-order valence-corrected chi connectivity index (χ3v) is 4.34. The summed E-state index contributed by atoms with van der Waals surface area (Å²) in [5.41, 5.74) is 4.53. The Morgan fingerprint density at radius 3 is 2.52 bits per heavy atom. The van der Waals surface area contributed by atoms with E-state index in [-0.39, 0.29) is 12.5 Å². The van der Waals surface area contributed by atoms with Gasteiger partial charge < -0.3 is 15.4 Å². The second kappa shape index (κ2) is 12.8. The van der Waals surface area contributed by atoms with Gasteiger partial charge in [0.25, 0.3) is 5.91 Å². The molecule has 8 nitrogen and oxygen atoms in total. The van der Waals surface area contributed by atoms with Gasteiger partial charge in [0.1, 0.15) is 5.75 Å². The van der Waals surface area contributed by atoms with Crippen LogP contribution in [0.25, 0.3) is 0 Å². The number of unbranched alkanes of at least 4 members (excludes halogenated alkanes) is 1. The van der Waals surface area contributed by atoms with E-state index < -0.39 is 11.8 Å². The minimum atomic E-state index is -0.847. The smallest absolute Gasteiger partial charge is 0.329 e. The fraction of sp³-hybridized carbons (Fsp3) is 0.304. The number of aryl methyl sites for hydroxylation is 1. The summed E-state index contributed by atoms with van der Waals surface area (Å²) in [5.74, 6) is -1.45. The van der Waals surface area contributed by atoms with E-state index in [1.807, 2.05) is 38.1 Å². The third kappa shape index (κ3) is 7.93. The average molecular weight is 425 g/mol. The number of amides is 3. The normalized spacial score (nSPS) is 10.5. The summed E-state index contributed by atoms with van der Waals surface area (Å²) in [6.45, 7) is 4.26. The summed E-state index contributed by atoms with van der Waals surface area (Å²) >= 11 is 0. The van der Waals surface area contributed by atoms with Gasteiger partial charge in [-0.05, 0) is 36.6 Å². The van der Waals surface area contributed by atoms with E-state index in [4.69, 9.17) is 4.74 Å². The van der Waals surface area contributed by atoms with Crippen molar-refractivity contribution in [1.82, 2.24) is 10.7 Å². The zero-order valence-corrected chi connectivity index (χ0v) is 17.8. The molecule has 8 heteroatoms. The molecule has 31 heavy (non-hydrogen) atoms. The summed E-state index contributed by atoms with van der Waals surface area (Å²) < 4.78 is 5.62. The molecule has 0 aromatic heterocycles. The summed E-state index contributed by atoms with van der Waals surface area (Å²) in [5, 5.41) is 9.16. The second-order valence-corrected chi connectivity index (χ2v) is 6.69. The van der Waals surface area contributed by atoms with Crippen molar-refractivity contribution in [3.63, 3.8) is 0 Å². The fourth-order valence-electron chi connectivity index (χ4n) is 2.67. The summed E-state index contributed by atoms with van der Waals surface area (Å²) in [7, 11) is 0. The number of anilines is 1. The quantitative estimate of drug-likeness (QED) is 0.236. The molecule has 164 valence electrons. The van der Waals surface area contributed by atoms with Crippen molar-refractivity contribution in [1.29, 1.82) is 0 Å². The van der Waals surface area contributed by atoms with Gasteiger partial charge in [-0.15, -0.1) is 0 Å². The molecule has 0 aliphatic heterocycles. The fourth-order valence-corrected chi connectivity index (χ4v) is 2.67. The molecule has 0 spiro atoms. The molecule has 0 saturated carbocycles. The molecule has 0 heterocycles. The lowest BCUT2D eigenvalue weighted by Gasteiger charge is -2.11. The Morgan fingerprint density at radius 2 is 1.74 bits per heavy atom. The SMILES string of the molecule is CCCCNC(=O)C(=O)N/N=C\c1ccccc1OCC(=O)Nc1ccccc1CC. The van der Waals surface area contributed by atoms with Crippen LogP contribution in [-0.2, 0) is 20.8 Å². The number of hydrogen-bond acceptors (Lipinski definition) is 5. The van der Waals surface area contributed by atoms with Gasteiger partial charge in [-0.1, -0.05) is 50.6 Å². The van der Waals surface area contributed by atoms with Gasteiger partial charge in [0.2, 0.25) is 0 Å². The highest BCUT2D eigenvalue weighted by molar-refractivity contribution is 6.35. The number of nitrogens with one attached hydrogen (secondary N) is 3. The van der Waals surface area contributed by atoms with Crippen LogP contribution in [0, 0.1) is 0 Å². The first-order valence-electron chi connectivity index (χ1n) is 10.3. The maximum Gasteiger partial charge on any atom is 0.329 e. The van der Waals surface area contributed by atoms with Crippen LogP contribution in [-0.4, -0.2) is 37.1 Å². The average Bonchev–Trinajstić information content (AvgIpc) is 2.78. The highest BCUT2D eigenvalue weighted by Crippen LogP contribution is 2.17. The molecule has 3 N–H and O–H groups in total. The highest BCUT2D eigenvalue weighted by Gasteiger charge is 2.12. The molecule has 2 rings (SSSR count). The third-order valence-electron chi connectivity index (χ3n) is 4.34. The van der Waals surface area contributed by atoms with E-state index in [1.165, 1.54) is 6.21 Å². The number of carbonyl (C=O) groups is 3. The Hall–Kier alpha value is -3.68. The van der Waals surface area contributed by atoms with Gasteiger partial charge in [-0.25, -0.2) is 5.43 Å². The van der Waals surface area contributed by atoms with Crippen LogP contribution >= 0.6 is 0 Å². The first-order chi connectivity index (χ1) is 15.0. The van der Waals surface area contributed by atoms with Crippen molar-refractivity contribution in [2.24, 2.45) is 5.10 Å². The van der Waals surface area contributed by atoms with Crippen LogP contribution in [0.3, 0.4) is 0 Å². The number of rotatable bonds is 10. The Kier molecular flexibility index (Phi) is 9.74. The van der Waals surface area contributed by atoms with E-state index in [1.54, 1.807) is 24.3 Å². The van der Waals surface area contributed by atoms with E-state index in [9.17, 15) is 14.4 Å². The van der Waals surface area contributed by atoms with Gasteiger partial charge in [0, 0.05) is 17.8 Å². The molecule has 0 saturated heterocycles. The minimum Gasteiger partial charge on any atom is -0.483 e. The van der Waals surface area contributed by atoms with Crippen molar-refractivity contribution in [3.05, 3.63) is 59.7 Å². The lowest BCUT2D eigenvalue weighted by Crippen LogP contribution is -2.38. The molecule has 0 bridgehead atoms. The van der Waals surface area contributed by atoms with Crippen molar-refractivity contribution in [2.45, 2.75) is 33.1 Å². The minimum absolute atomic E-state index is 0.185. The number of hydrogen-bond donors (Lipinski definition) is 3. The number of nitrogens with zero attached hydrogens (tertiary/aromatic N) is 1. The molecule has 2 aromatic carbocycles. The zero-order chi connectivity index (χ0) is 22.5. The lowest BCUT2D eigenvalue weighted by atomic mass is 10.1. The lowest BCUT2D eigenvalue weighted by molar-refractivity contribution is -0.139. The molecular weight excluding hydrogens is 396 g/mol. The topological polar surface area (TPSA) is 109 Å². The molecular formula is C23H28N4O4. The highest BCUT2D eigenvalue weighted by atomic mass is 16.5. The van der Waals surface area contributed by atoms with Crippen LogP contribution in [0.2, 0.25) is 0 Å². The summed E-state index contributed by atoms with van der Waals surface area (Å²) in [6, 6.07) is 14.5. The van der Waals surface area contributed by atoms with E-state index in [0.717, 1.165) is 30.5 Å². The molecule has 0 aliphatic rings. The van der Waals surface area contributed by atoms with Crippen molar-refractivity contribution in [2.75, 3.05) is 18.5 Å². The Bertz CT molecular complexity index is 927. The number of ether oxygens (including phenoxy) is 1. The molecule has 0 aliphatic carbocycles. The summed E-state index contributed by atoms with van der Waals surface area (Å²) in [6.07, 6.45) is 3.88. The summed E-state index contributed by atoms with van der Waals surface area (Å²) in [4.78, 5) is 35.6. The number of benzene rings is 2. The Balaban J connectivity index is 1.90. The van der Waals surface area contributed by atoms with Gasteiger partial charge >= 0.3 is 11.8 Å². The standard InChI is InChI=1S/C23H28N4O4/c1-3-5-14-24-22(29)23(30)27-25-15-18-11-7-9-13-20(18)31-16-21(28)26-19-12-8-6-10-17(19)4-2/h6-13,15H,3-5,14,16H2,1-2H3,(H,24,29)(H,26,28)(H,27,30)/b25-15-. The van der Waals surface area contributed by atoms with Crippen LogP contribution in [0.5, 0.6) is 5.75 Å². The predicted molar refractivity (Wildman–Crippen MR) is 120 cm³/mol. The molecule has 0 atom stereocenters. The van der Waals surface area contributed by atoms with E-state index in [0.29, 0.717) is 17.9 Å². The van der Waals surface area contributed by atoms with Crippen molar-refractivity contribution >= 4 is 29.6 Å². The Morgan fingerprint density at radius 1 is 1.00 bits per heavy atom. The number of para-hydroxylation sites is 2. The second-order valence-electron chi connectivity index (χ2n) is 6.69. The van der Waals surface area contributed by atoms with Crippen LogP contribution < -0.4 is 20.8 Å². The number of hydrazone groups is 1. The maximum absolute atomic E-state index is 12.3. The van der Waals surface area contributed by atoms with Gasteiger partial charge in [-0.2, -0.15) is 5.10 Å². The van der Waals surface area contributed by atoms with Crippen LogP contribution in [0.4, 0.5) is 5.69 Å². The molecule has 0 fully saturated rings. The van der Waals surface area contributed by atoms with Crippen molar-refractivity contribution < 1.29 is 19.1 Å². The number of carbonyl (C=O) groups excluding carboxylic acids is 3. The molecule has 0 radical (unpaired) electrons. The van der Waals surface area contributed by atoms with E-state index >= 15 is 0 Å². The molecule has 2 aromatic rings. The molecule has 0 unspecified atom stereocenters. The van der Waals surface area contributed by atoms with Crippen LogP contribution in [0.1, 0.15) is 37.8 Å². The zero-order valence-electron chi connectivity index (χ0n) is 17.8. The monoisotopic (exact) mass is 424 g/mol. The molecule has 3 amide bonds. The predicted octanol–water partition coefficient (Wildman–Crippen LogP) is 2.63. The largest absolute Gasteiger partial charge is 0.483 e. The van der Waals surface area contributed by atoms with Gasteiger partial charge in [0.05, 0.1) is 6.21 Å². The first-order valence-corrected chi connectivity index (χ1v) is 10.3. The van der Waals surface area contributed by atoms with Crippen LogP contribution in [0.15, 0.2) is 53.6 Å². The van der Waals surface area contributed by atoms with E-state index in [2.05, 4.69) is 21.2 Å². The van der Waals surface area contributed by atoms with Gasteiger partial charge in [0.15, 0.2) is 6.61 Å². The van der Waals surface area contributed by atoms with Gasteiger partial charge in [-0.3, -0.25) is 14.4 Å².